The Bertz CT molecular complexity index is 547. The molecule has 0 aliphatic heterocycles. The quantitative estimate of drug-likeness (QED) is 0.823. The van der Waals surface area contributed by atoms with Crippen molar-refractivity contribution in [2.75, 3.05) is 4.83 Å². The van der Waals surface area contributed by atoms with Gasteiger partial charge in [-0.2, -0.15) is 36.3 Å². The molecular weight excluding hydrogens is 267 g/mol. The van der Waals surface area contributed by atoms with Gasteiger partial charge in [0.2, 0.25) is 0 Å². The summed E-state index contributed by atoms with van der Waals surface area (Å²) in [5.41, 5.74) is -6.23. The second-order valence-corrected chi connectivity index (χ2v) is 4.58. The highest BCUT2D eigenvalue weighted by Gasteiger charge is 2.47. The van der Waals surface area contributed by atoms with E-state index in [0.29, 0.717) is 0 Å². The maximum atomic E-state index is 12.0. The molecule has 0 radical (unpaired) electrons. The standard InChI is InChI=1S/C6H6F3N3O4S/c1-3-2-4(5(13)14)12(10-3)11-17(15,16)6(7,8)9/h2,11H,1H3,(H,13,14). The number of hydrogen-bond donors (Lipinski definition) is 2. The van der Waals surface area contributed by atoms with E-state index in [0.717, 1.165) is 10.9 Å². The molecular formula is C6H6F3N3O4S. The molecule has 0 aliphatic rings. The highest BCUT2D eigenvalue weighted by Crippen LogP contribution is 2.22. The van der Waals surface area contributed by atoms with Gasteiger partial charge >= 0.3 is 21.5 Å². The molecule has 11 heteroatoms. The van der Waals surface area contributed by atoms with Crippen molar-refractivity contribution >= 4 is 16.0 Å². The van der Waals surface area contributed by atoms with Crippen molar-refractivity contribution in [2.24, 2.45) is 0 Å². The lowest BCUT2D eigenvalue weighted by Crippen LogP contribution is -2.37. The van der Waals surface area contributed by atoms with Crippen molar-refractivity contribution in [1.82, 2.24) is 9.89 Å². The Hall–Kier alpha value is -1.78. The third kappa shape index (κ3) is 2.67. The fourth-order valence-electron chi connectivity index (χ4n) is 0.887. The summed E-state index contributed by atoms with van der Waals surface area (Å²) in [5, 5.41) is 11.9. The van der Waals surface area contributed by atoms with Crippen LogP contribution in [-0.4, -0.2) is 34.9 Å². The van der Waals surface area contributed by atoms with Crippen LogP contribution in [0, 0.1) is 6.92 Å². The van der Waals surface area contributed by atoms with E-state index in [4.69, 9.17) is 5.11 Å². The number of carboxylic acids is 1. The van der Waals surface area contributed by atoms with Crippen molar-refractivity contribution in [3.63, 3.8) is 0 Å². The molecule has 96 valence electrons. The highest BCUT2D eigenvalue weighted by molar-refractivity contribution is 7.93. The van der Waals surface area contributed by atoms with Crippen LogP contribution in [0.3, 0.4) is 0 Å². The zero-order chi connectivity index (χ0) is 13.4. The molecule has 0 bridgehead atoms. The second kappa shape index (κ2) is 3.91. The van der Waals surface area contributed by atoms with Gasteiger partial charge in [-0.3, -0.25) is 0 Å². The van der Waals surface area contributed by atoms with Gasteiger partial charge in [0.25, 0.3) is 0 Å². The molecule has 1 rings (SSSR count). The van der Waals surface area contributed by atoms with Gasteiger partial charge in [0.15, 0.2) is 5.69 Å². The summed E-state index contributed by atoms with van der Waals surface area (Å²) in [6.07, 6.45) is 0. The topological polar surface area (TPSA) is 101 Å². The first-order valence-corrected chi connectivity index (χ1v) is 5.42. The Labute approximate surface area is 92.9 Å². The predicted octanol–water partition coefficient (Wildman–Crippen LogP) is 0.283. The summed E-state index contributed by atoms with van der Waals surface area (Å²) in [6, 6.07) is 0.918. The average Bonchev–Trinajstić information content (AvgIpc) is 2.43. The number of hydrogen-bond acceptors (Lipinski definition) is 4. The first kappa shape index (κ1) is 13.3. The Morgan fingerprint density at radius 3 is 2.47 bits per heavy atom. The molecule has 0 amide bonds. The van der Waals surface area contributed by atoms with E-state index in [1.165, 1.54) is 6.92 Å². The highest BCUT2D eigenvalue weighted by atomic mass is 32.2. The fourth-order valence-corrected chi connectivity index (χ4v) is 1.36. The lowest BCUT2D eigenvalue weighted by Gasteiger charge is -2.11. The van der Waals surface area contributed by atoms with Gasteiger partial charge in [0.05, 0.1) is 5.69 Å². The van der Waals surface area contributed by atoms with Crippen LogP contribution in [0.4, 0.5) is 13.2 Å². The van der Waals surface area contributed by atoms with Crippen LogP contribution < -0.4 is 4.83 Å². The summed E-state index contributed by atoms with van der Waals surface area (Å²) in [5.74, 6) is -1.62. The fraction of sp³-hybridized carbons (Fsp3) is 0.333. The van der Waals surface area contributed by atoms with E-state index in [1.807, 2.05) is 0 Å². The average molecular weight is 273 g/mol. The van der Waals surface area contributed by atoms with Gasteiger partial charge in [-0.15, -0.1) is 0 Å². The van der Waals surface area contributed by atoms with Crippen LogP contribution in [-0.2, 0) is 10.0 Å². The number of carbonyl (C=O) groups is 1. The third-order valence-electron chi connectivity index (χ3n) is 1.56. The van der Waals surface area contributed by atoms with Crippen molar-refractivity contribution in [3.8, 4) is 0 Å². The second-order valence-electron chi connectivity index (χ2n) is 2.93. The van der Waals surface area contributed by atoms with Crippen LogP contribution in [0.15, 0.2) is 6.07 Å². The first-order chi connectivity index (χ1) is 7.54. The first-order valence-electron chi connectivity index (χ1n) is 3.93. The lowest BCUT2D eigenvalue weighted by molar-refractivity contribution is -0.0433. The van der Waals surface area contributed by atoms with Crippen LogP contribution in [0.1, 0.15) is 16.2 Å². The molecule has 0 fully saturated rings. The minimum absolute atomic E-state index is 0.0422. The van der Waals surface area contributed by atoms with E-state index in [2.05, 4.69) is 5.10 Å². The van der Waals surface area contributed by atoms with Gasteiger partial charge in [-0.05, 0) is 13.0 Å². The molecule has 0 atom stereocenters. The Morgan fingerprint density at radius 1 is 1.53 bits per heavy atom. The lowest BCUT2D eigenvalue weighted by atomic mass is 10.4. The summed E-state index contributed by atoms with van der Waals surface area (Å²) in [4.78, 5) is 11.6. The molecule has 0 saturated heterocycles. The molecule has 0 aliphatic carbocycles. The zero-order valence-electron chi connectivity index (χ0n) is 8.19. The Morgan fingerprint density at radius 2 is 2.06 bits per heavy atom. The number of aromatic nitrogens is 2. The van der Waals surface area contributed by atoms with Gasteiger partial charge in [-0.25, -0.2) is 4.79 Å². The predicted molar refractivity (Wildman–Crippen MR) is 48.3 cm³/mol. The number of nitrogens with one attached hydrogen (secondary N) is 1. The van der Waals surface area contributed by atoms with Gasteiger partial charge < -0.3 is 5.11 Å². The molecule has 2 N–H and O–H groups in total. The number of rotatable bonds is 3. The van der Waals surface area contributed by atoms with E-state index in [1.54, 1.807) is 0 Å². The SMILES string of the molecule is Cc1cc(C(=O)O)n(NS(=O)(=O)C(F)(F)F)n1. The number of nitrogens with zero attached hydrogens (tertiary/aromatic N) is 2. The third-order valence-corrected chi connectivity index (χ3v) is 2.58. The largest absolute Gasteiger partial charge is 0.517 e. The molecule has 1 heterocycles. The zero-order valence-corrected chi connectivity index (χ0v) is 9.00. The van der Waals surface area contributed by atoms with Crippen molar-refractivity contribution in [2.45, 2.75) is 12.4 Å². The molecule has 0 saturated carbocycles. The van der Waals surface area contributed by atoms with E-state index in [-0.39, 0.29) is 10.5 Å². The van der Waals surface area contributed by atoms with Gasteiger partial charge in [0.1, 0.15) is 0 Å². The van der Waals surface area contributed by atoms with Crippen LogP contribution in [0.2, 0.25) is 0 Å². The number of aryl methyl sites for hydroxylation is 1. The normalized spacial score (nSPS) is 12.5. The smallest absolute Gasteiger partial charge is 0.476 e. The van der Waals surface area contributed by atoms with E-state index in [9.17, 15) is 26.4 Å². The maximum absolute atomic E-state index is 12.0. The number of halogens is 3. The minimum Gasteiger partial charge on any atom is -0.476 e. The van der Waals surface area contributed by atoms with Gasteiger partial charge in [-0.1, -0.05) is 0 Å². The van der Waals surface area contributed by atoms with Crippen LogP contribution in [0.25, 0.3) is 0 Å². The molecule has 1 aromatic heterocycles. The molecule has 17 heavy (non-hydrogen) atoms. The summed E-state index contributed by atoms with van der Waals surface area (Å²) in [6.45, 7) is 1.30. The molecule has 1 aromatic rings. The number of aromatic carboxylic acids is 1. The minimum atomic E-state index is -5.71. The molecule has 0 aromatic carbocycles. The molecule has 0 unspecified atom stereocenters. The monoisotopic (exact) mass is 273 g/mol. The molecule has 7 nitrogen and oxygen atoms in total. The number of alkyl halides is 3. The Balaban J connectivity index is 3.17. The van der Waals surface area contributed by atoms with Gasteiger partial charge in [0, 0.05) is 0 Å². The number of sulfonamides is 1. The summed E-state index contributed by atoms with van der Waals surface area (Å²) in [7, 11) is -5.71. The van der Waals surface area contributed by atoms with Crippen molar-refractivity contribution in [3.05, 3.63) is 17.5 Å². The van der Waals surface area contributed by atoms with Crippen LogP contribution in [0.5, 0.6) is 0 Å². The Kier molecular flexibility index (Phi) is 3.05. The molecule has 0 spiro atoms. The van der Waals surface area contributed by atoms with E-state index < -0.39 is 27.2 Å². The number of carboxylic acid groups (broad SMARTS) is 1. The van der Waals surface area contributed by atoms with Crippen LogP contribution >= 0.6 is 0 Å². The van der Waals surface area contributed by atoms with Crippen molar-refractivity contribution in [1.29, 1.82) is 0 Å². The summed E-state index contributed by atoms with van der Waals surface area (Å²) < 4.78 is 57.5. The van der Waals surface area contributed by atoms with Crippen molar-refractivity contribution < 1.29 is 31.5 Å². The van der Waals surface area contributed by atoms with E-state index >= 15 is 0 Å². The summed E-state index contributed by atoms with van der Waals surface area (Å²) >= 11 is 0. The maximum Gasteiger partial charge on any atom is 0.517 e.